The van der Waals surface area contributed by atoms with Crippen molar-refractivity contribution in [2.45, 2.75) is 26.4 Å². The molecule has 6 nitrogen and oxygen atoms in total. The summed E-state index contributed by atoms with van der Waals surface area (Å²) in [5.41, 5.74) is 9.88. The first-order valence-corrected chi connectivity index (χ1v) is 9.30. The number of hydrogen-bond acceptors (Lipinski definition) is 3. The number of amides is 2. The fourth-order valence-corrected chi connectivity index (χ4v) is 3.61. The zero-order valence-electron chi connectivity index (χ0n) is 15.8. The molecule has 2 aromatic carbocycles. The van der Waals surface area contributed by atoms with Gasteiger partial charge in [-0.05, 0) is 30.5 Å². The van der Waals surface area contributed by atoms with Crippen LogP contribution in [0.15, 0.2) is 54.7 Å². The average Bonchev–Trinajstić information content (AvgIpc) is 3.13. The molecule has 0 bridgehead atoms. The van der Waals surface area contributed by atoms with Crippen LogP contribution in [0.3, 0.4) is 0 Å². The fraction of sp³-hybridized carbons (Fsp3) is 0.227. The van der Waals surface area contributed by atoms with Gasteiger partial charge in [0.2, 0.25) is 0 Å². The first-order chi connectivity index (χ1) is 13.5. The van der Waals surface area contributed by atoms with Crippen molar-refractivity contribution in [1.29, 1.82) is 0 Å². The van der Waals surface area contributed by atoms with Crippen LogP contribution in [0.2, 0.25) is 0 Å². The van der Waals surface area contributed by atoms with E-state index in [1.165, 1.54) is 17.3 Å². The predicted octanol–water partition coefficient (Wildman–Crippen LogP) is 2.54. The highest BCUT2D eigenvalue weighted by atomic mass is 16.2. The number of aryl methyl sites for hydroxylation is 1. The number of benzene rings is 2. The highest BCUT2D eigenvalue weighted by molar-refractivity contribution is 5.96. The third-order valence-corrected chi connectivity index (χ3v) is 5.17. The van der Waals surface area contributed by atoms with Crippen molar-refractivity contribution in [3.63, 3.8) is 0 Å². The summed E-state index contributed by atoms with van der Waals surface area (Å²) in [5, 5.41) is 0. The third kappa shape index (κ3) is 3.41. The molecule has 0 saturated heterocycles. The van der Waals surface area contributed by atoms with Gasteiger partial charge in [0.15, 0.2) is 0 Å². The second-order valence-corrected chi connectivity index (χ2v) is 7.12. The normalized spacial score (nSPS) is 13.2. The van der Waals surface area contributed by atoms with Gasteiger partial charge in [0.25, 0.3) is 11.8 Å². The Morgan fingerprint density at radius 3 is 2.57 bits per heavy atom. The van der Waals surface area contributed by atoms with Gasteiger partial charge in [-0.15, -0.1) is 0 Å². The van der Waals surface area contributed by atoms with Crippen molar-refractivity contribution in [3.8, 4) is 0 Å². The molecular formula is C22H22N4O2. The Hall–Kier alpha value is -3.41. The van der Waals surface area contributed by atoms with E-state index in [0.717, 1.165) is 5.56 Å². The van der Waals surface area contributed by atoms with Gasteiger partial charge in [0.05, 0.1) is 12.7 Å². The maximum Gasteiger partial charge on any atom is 0.266 e. The molecule has 0 radical (unpaired) electrons. The van der Waals surface area contributed by atoms with Crippen molar-refractivity contribution in [3.05, 3.63) is 88.5 Å². The second-order valence-electron chi connectivity index (χ2n) is 7.12. The summed E-state index contributed by atoms with van der Waals surface area (Å²) in [5.74, 6) is 0.170. The van der Waals surface area contributed by atoms with Crippen molar-refractivity contribution >= 4 is 11.8 Å². The molecule has 1 aliphatic rings. The molecule has 142 valence electrons. The van der Waals surface area contributed by atoms with Gasteiger partial charge in [0, 0.05) is 18.7 Å². The molecule has 0 saturated carbocycles. The Morgan fingerprint density at radius 1 is 1.07 bits per heavy atom. The highest BCUT2D eigenvalue weighted by Gasteiger charge is 2.26. The highest BCUT2D eigenvalue weighted by Crippen LogP contribution is 2.20. The van der Waals surface area contributed by atoms with Crippen LogP contribution in [-0.4, -0.2) is 32.8 Å². The molecule has 2 heterocycles. The summed E-state index contributed by atoms with van der Waals surface area (Å²) in [6, 6.07) is 16.1. The van der Waals surface area contributed by atoms with E-state index in [4.69, 9.17) is 5.73 Å². The van der Waals surface area contributed by atoms with Gasteiger partial charge >= 0.3 is 0 Å². The molecule has 2 amide bonds. The molecule has 3 aromatic rings. The summed E-state index contributed by atoms with van der Waals surface area (Å²) in [7, 11) is 0. The van der Waals surface area contributed by atoms with Gasteiger partial charge in [-0.1, -0.05) is 48.0 Å². The summed E-state index contributed by atoms with van der Waals surface area (Å²) < 4.78 is 1.80. The molecule has 6 heteroatoms. The minimum absolute atomic E-state index is 0.0161. The summed E-state index contributed by atoms with van der Waals surface area (Å²) in [6.07, 6.45) is 2.19. The molecule has 1 aliphatic heterocycles. The third-order valence-electron chi connectivity index (χ3n) is 5.17. The largest absolute Gasteiger partial charge is 0.364 e. The van der Waals surface area contributed by atoms with Crippen LogP contribution in [0, 0.1) is 6.92 Å². The van der Waals surface area contributed by atoms with Gasteiger partial charge in [-0.2, -0.15) is 0 Å². The monoisotopic (exact) mass is 374 g/mol. The summed E-state index contributed by atoms with van der Waals surface area (Å²) >= 11 is 0. The number of aromatic nitrogens is 2. The molecule has 1 aromatic heterocycles. The smallest absolute Gasteiger partial charge is 0.266 e. The Bertz CT molecular complexity index is 1040. The van der Waals surface area contributed by atoms with Crippen LogP contribution in [0.1, 0.15) is 43.4 Å². The molecule has 28 heavy (non-hydrogen) atoms. The lowest BCUT2D eigenvalue weighted by Gasteiger charge is -2.29. The quantitative estimate of drug-likeness (QED) is 0.762. The van der Waals surface area contributed by atoms with E-state index in [2.05, 4.69) is 36.2 Å². The van der Waals surface area contributed by atoms with Crippen molar-refractivity contribution in [2.24, 2.45) is 5.73 Å². The predicted molar refractivity (Wildman–Crippen MR) is 106 cm³/mol. The number of carbonyl (C=O) groups is 2. The van der Waals surface area contributed by atoms with E-state index in [9.17, 15) is 9.59 Å². The van der Waals surface area contributed by atoms with Gasteiger partial charge in [-0.25, -0.2) is 4.98 Å². The van der Waals surface area contributed by atoms with Crippen molar-refractivity contribution in [2.75, 3.05) is 6.54 Å². The van der Waals surface area contributed by atoms with E-state index in [0.29, 0.717) is 43.1 Å². The molecule has 0 spiro atoms. The number of imidazole rings is 1. The number of nitrogens with two attached hydrogens (primary N) is 1. The van der Waals surface area contributed by atoms with E-state index in [-0.39, 0.29) is 5.91 Å². The Labute approximate surface area is 163 Å². The van der Waals surface area contributed by atoms with Crippen LogP contribution < -0.4 is 5.73 Å². The zero-order valence-corrected chi connectivity index (χ0v) is 15.8. The Balaban J connectivity index is 1.57. The van der Waals surface area contributed by atoms with Crippen LogP contribution >= 0.6 is 0 Å². The van der Waals surface area contributed by atoms with E-state index < -0.39 is 5.91 Å². The number of hydrogen-bond donors (Lipinski definition) is 1. The maximum atomic E-state index is 13.2. The maximum absolute atomic E-state index is 13.2. The lowest BCUT2D eigenvalue weighted by Crippen LogP contribution is -2.39. The Kier molecular flexibility index (Phi) is 4.69. The van der Waals surface area contributed by atoms with Gasteiger partial charge in [0.1, 0.15) is 11.5 Å². The van der Waals surface area contributed by atoms with Crippen LogP contribution in [0.25, 0.3) is 0 Å². The molecule has 0 unspecified atom stereocenters. The molecule has 4 rings (SSSR count). The number of nitrogens with zero attached hydrogens (tertiary/aromatic N) is 3. The second kappa shape index (κ2) is 7.31. The molecule has 2 N–H and O–H groups in total. The number of rotatable bonds is 4. The van der Waals surface area contributed by atoms with Gasteiger partial charge < -0.3 is 15.2 Å². The fourth-order valence-electron chi connectivity index (χ4n) is 3.61. The first kappa shape index (κ1) is 18.0. The Morgan fingerprint density at radius 2 is 1.82 bits per heavy atom. The standard InChI is InChI=1S/C22H22N4O2/c1-15-6-8-16(9-7-15)12-17-4-2-3-5-18(17)22(28)25-10-11-26-19(21(23)27)13-24-20(26)14-25/h2-9,13H,10-12,14H2,1H3,(H2,23,27). The van der Waals surface area contributed by atoms with Crippen molar-refractivity contribution in [1.82, 2.24) is 14.5 Å². The van der Waals surface area contributed by atoms with Gasteiger partial charge in [-0.3, -0.25) is 9.59 Å². The lowest BCUT2D eigenvalue weighted by atomic mass is 9.98. The van der Waals surface area contributed by atoms with Crippen LogP contribution in [0.5, 0.6) is 0 Å². The van der Waals surface area contributed by atoms with E-state index >= 15 is 0 Å². The minimum atomic E-state index is -0.498. The molecule has 0 aliphatic carbocycles. The lowest BCUT2D eigenvalue weighted by molar-refractivity contribution is 0.0705. The topological polar surface area (TPSA) is 81.2 Å². The number of carbonyl (C=O) groups excluding carboxylic acids is 2. The molecule has 0 atom stereocenters. The average molecular weight is 374 g/mol. The molecule has 0 fully saturated rings. The first-order valence-electron chi connectivity index (χ1n) is 9.30. The zero-order chi connectivity index (χ0) is 19.7. The van der Waals surface area contributed by atoms with E-state index in [1.54, 1.807) is 9.47 Å². The van der Waals surface area contributed by atoms with Crippen LogP contribution in [0.4, 0.5) is 0 Å². The van der Waals surface area contributed by atoms with E-state index in [1.807, 2.05) is 24.3 Å². The summed E-state index contributed by atoms with van der Waals surface area (Å²) in [4.78, 5) is 30.8. The summed E-state index contributed by atoms with van der Waals surface area (Å²) in [6.45, 7) is 3.46. The number of primary amides is 1. The number of fused-ring (bicyclic) bond motifs is 1. The SMILES string of the molecule is Cc1ccc(Cc2ccccc2C(=O)N2CCn3c(C(N)=O)cnc3C2)cc1. The van der Waals surface area contributed by atoms with Crippen molar-refractivity contribution < 1.29 is 9.59 Å². The van der Waals surface area contributed by atoms with Crippen LogP contribution in [-0.2, 0) is 19.5 Å². The minimum Gasteiger partial charge on any atom is -0.364 e. The molecular weight excluding hydrogens is 352 g/mol.